The van der Waals surface area contributed by atoms with Crippen LogP contribution in [0.4, 0.5) is 0 Å². The lowest BCUT2D eigenvalue weighted by Gasteiger charge is -1.99. The monoisotopic (exact) mass is 248 g/mol. The summed E-state index contributed by atoms with van der Waals surface area (Å²) in [5, 5.41) is 0.985. The van der Waals surface area contributed by atoms with Crippen LogP contribution in [0.5, 0.6) is 0 Å². The molecule has 0 amide bonds. The standard InChI is InChI=1S/C8H3BrCl2/c1-2-6-7(10)3-5(9)4-8(6)11/h1,3-4H. The van der Waals surface area contributed by atoms with Gasteiger partial charge in [-0.3, -0.25) is 0 Å². The molecule has 0 saturated heterocycles. The molecule has 1 aromatic rings. The molecular formula is C8H3BrCl2. The van der Waals surface area contributed by atoms with Crippen LogP contribution >= 0.6 is 39.1 Å². The molecular weight excluding hydrogens is 247 g/mol. The van der Waals surface area contributed by atoms with E-state index in [1.54, 1.807) is 12.1 Å². The predicted octanol–water partition coefficient (Wildman–Crippen LogP) is 3.74. The maximum atomic E-state index is 5.78. The summed E-state index contributed by atoms with van der Waals surface area (Å²) in [5.74, 6) is 2.41. The Bertz CT molecular complexity index is 302. The average Bonchev–Trinajstić information content (AvgIpc) is 1.85. The molecule has 0 nitrogen and oxygen atoms in total. The Labute approximate surface area is 83.6 Å². The minimum absolute atomic E-state index is 0.492. The van der Waals surface area contributed by atoms with Gasteiger partial charge in [0.2, 0.25) is 0 Å². The summed E-state index contributed by atoms with van der Waals surface area (Å²) in [4.78, 5) is 0. The van der Waals surface area contributed by atoms with Crippen molar-refractivity contribution in [2.45, 2.75) is 0 Å². The lowest BCUT2D eigenvalue weighted by Crippen LogP contribution is -1.78. The van der Waals surface area contributed by atoms with E-state index in [1.807, 2.05) is 0 Å². The lowest BCUT2D eigenvalue weighted by molar-refractivity contribution is 1.60. The van der Waals surface area contributed by atoms with Gasteiger partial charge in [-0.15, -0.1) is 6.42 Å². The number of terminal acetylenes is 1. The van der Waals surface area contributed by atoms with Gasteiger partial charge in [-0.2, -0.15) is 0 Å². The Morgan fingerprint density at radius 3 is 2.09 bits per heavy atom. The van der Waals surface area contributed by atoms with Crippen molar-refractivity contribution in [1.29, 1.82) is 0 Å². The van der Waals surface area contributed by atoms with E-state index < -0.39 is 0 Å². The van der Waals surface area contributed by atoms with Crippen molar-refractivity contribution in [1.82, 2.24) is 0 Å². The van der Waals surface area contributed by atoms with Gasteiger partial charge < -0.3 is 0 Å². The van der Waals surface area contributed by atoms with Crippen molar-refractivity contribution in [2.75, 3.05) is 0 Å². The molecule has 56 valence electrons. The number of hydrogen-bond donors (Lipinski definition) is 0. The number of benzene rings is 1. The Balaban J connectivity index is 3.40. The Morgan fingerprint density at radius 2 is 1.73 bits per heavy atom. The fraction of sp³-hybridized carbons (Fsp3) is 0. The molecule has 0 atom stereocenters. The first kappa shape index (κ1) is 8.93. The summed E-state index contributed by atoms with van der Waals surface area (Å²) in [7, 11) is 0. The fourth-order valence-electron chi connectivity index (χ4n) is 0.680. The van der Waals surface area contributed by atoms with Crippen LogP contribution in [0.3, 0.4) is 0 Å². The zero-order chi connectivity index (χ0) is 8.43. The van der Waals surface area contributed by atoms with Crippen molar-refractivity contribution in [3.05, 3.63) is 32.2 Å². The van der Waals surface area contributed by atoms with Crippen LogP contribution in [0.1, 0.15) is 5.56 Å². The summed E-state index contributed by atoms with van der Waals surface area (Å²) in [6, 6.07) is 3.42. The van der Waals surface area contributed by atoms with E-state index in [2.05, 4.69) is 21.9 Å². The molecule has 0 bridgehead atoms. The third kappa shape index (κ3) is 1.90. The van der Waals surface area contributed by atoms with Crippen LogP contribution in [-0.4, -0.2) is 0 Å². The molecule has 0 saturated carbocycles. The third-order valence-electron chi connectivity index (χ3n) is 1.15. The molecule has 0 aliphatic heterocycles. The summed E-state index contributed by atoms with van der Waals surface area (Å²) in [6.45, 7) is 0. The second-order valence-electron chi connectivity index (χ2n) is 1.89. The van der Waals surface area contributed by atoms with Crippen LogP contribution in [0.2, 0.25) is 10.0 Å². The van der Waals surface area contributed by atoms with Gasteiger partial charge in [0.15, 0.2) is 0 Å². The zero-order valence-corrected chi connectivity index (χ0v) is 8.46. The Hall–Kier alpha value is -0.160. The molecule has 0 radical (unpaired) electrons. The molecule has 1 rings (SSSR count). The highest BCUT2D eigenvalue weighted by molar-refractivity contribution is 9.10. The van der Waals surface area contributed by atoms with E-state index in [-0.39, 0.29) is 0 Å². The van der Waals surface area contributed by atoms with Crippen LogP contribution in [-0.2, 0) is 0 Å². The summed E-state index contributed by atoms with van der Waals surface area (Å²) in [6.07, 6.45) is 5.17. The third-order valence-corrected chi connectivity index (χ3v) is 2.21. The van der Waals surface area contributed by atoms with E-state index in [9.17, 15) is 0 Å². The summed E-state index contributed by atoms with van der Waals surface area (Å²) >= 11 is 14.8. The Morgan fingerprint density at radius 1 is 1.27 bits per heavy atom. The predicted molar refractivity (Wildman–Crippen MR) is 52.1 cm³/mol. The molecule has 1 aromatic carbocycles. The largest absolute Gasteiger partial charge is 0.115 e. The fourth-order valence-corrected chi connectivity index (χ4v) is 2.00. The molecule has 0 aliphatic carbocycles. The minimum atomic E-state index is 0.492. The van der Waals surface area contributed by atoms with E-state index in [0.29, 0.717) is 15.6 Å². The maximum Gasteiger partial charge on any atom is 0.0616 e. The van der Waals surface area contributed by atoms with Gasteiger partial charge in [-0.05, 0) is 12.1 Å². The number of hydrogen-bond acceptors (Lipinski definition) is 0. The highest BCUT2D eigenvalue weighted by Gasteiger charge is 2.03. The van der Waals surface area contributed by atoms with Crippen LogP contribution in [0.25, 0.3) is 0 Å². The van der Waals surface area contributed by atoms with Gasteiger partial charge in [-0.25, -0.2) is 0 Å². The number of halogens is 3. The molecule has 0 spiro atoms. The van der Waals surface area contributed by atoms with Crippen molar-refractivity contribution in [3.8, 4) is 12.3 Å². The van der Waals surface area contributed by atoms with E-state index in [0.717, 1.165) is 4.47 Å². The topological polar surface area (TPSA) is 0 Å². The second kappa shape index (κ2) is 3.49. The van der Waals surface area contributed by atoms with Crippen molar-refractivity contribution in [3.63, 3.8) is 0 Å². The second-order valence-corrected chi connectivity index (χ2v) is 3.62. The van der Waals surface area contributed by atoms with E-state index >= 15 is 0 Å². The molecule has 0 fully saturated rings. The van der Waals surface area contributed by atoms with Crippen molar-refractivity contribution < 1.29 is 0 Å². The lowest BCUT2D eigenvalue weighted by atomic mass is 10.2. The van der Waals surface area contributed by atoms with Gasteiger partial charge in [0.1, 0.15) is 0 Å². The SMILES string of the molecule is C#Cc1c(Cl)cc(Br)cc1Cl. The van der Waals surface area contributed by atoms with Gasteiger partial charge in [0.25, 0.3) is 0 Å². The normalized spacial score (nSPS) is 9.27. The van der Waals surface area contributed by atoms with Crippen LogP contribution < -0.4 is 0 Å². The quantitative estimate of drug-likeness (QED) is 0.615. The van der Waals surface area contributed by atoms with E-state index in [4.69, 9.17) is 29.6 Å². The molecule has 0 unspecified atom stereocenters. The smallest absolute Gasteiger partial charge is 0.0616 e. The first-order chi connectivity index (χ1) is 5.15. The average molecular weight is 250 g/mol. The zero-order valence-electron chi connectivity index (χ0n) is 5.37. The number of rotatable bonds is 0. The first-order valence-corrected chi connectivity index (χ1v) is 4.31. The van der Waals surface area contributed by atoms with Crippen LogP contribution in [0, 0.1) is 12.3 Å². The summed E-state index contributed by atoms with van der Waals surface area (Å²) < 4.78 is 0.825. The maximum absolute atomic E-state index is 5.78. The van der Waals surface area contributed by atoms with E-state index in [1.165, 1.54) is 0 Å². The van der Waals surface area contributed by atoms with Gasteiger partial charge in [0.05, 0.1) is 15.6 Å². The van der Waals surface area contributed by atoms with Crippen molar-refractivity contribution in [2.24, 2.45) is 0 Å². The summed E-state index contributed by atoms with van der Waals surface area (Å²) in [5.41, 5.74) is 0.538. The van der Waals surface area contributed by atoms with Gasteiger partial charge >= 0.3 is 0 Å². The van der Waals surface area contributed by atoms with Gasteiger partial charge in [-0.1, -0.05) is 45.1 Å². The molecule has 3 heteroatoms. The molecule has 0 aromatic heterocycles. The van der Waals surface area contributed by atoms with Crippen molar-refractivity contribution >= 4 is 39.1 Å². The highest BCUT2D eigenvalue weighted by atomic mass is 79.9. The molecule has 11 heavy (non-hydrogen) atoms. The molecule has 0 aliphatic rings. The Kier molecular flexibility index (Phi) is 2.84. The first-order valence-electron chi connectivity index (χ1n) is 2.76. The van der Waals surface area contributed by atoms with Crippen LogP contribution in [0.15, 0.2) is 16.6 Å². The molecule has 0 N–H and O–H groups in total. The minimum Gasteiger partial charge on any atom is -0.115 e. The molecule has 0 heterocycles. The highest BCUT2D eigenvalue weighted by Crippen LogP contribution is 2.27. The van der Waals surface area contributed by atoms with Gasteiger partial charge in [0, 0.05) is 4.47 Å².